The number of ether oxygens (including phenoxy) is 3. The number of hydrogen-bond acceptors (Lipinski definition) is 4. The molecule has 0 saturated heterocycles. The second kappa shape index (κ2) is 4.94. The molecule has 1 aliphatic rings. The van der Waals surface area contributed by atoms with Gasteiger partial charge in [0.25, 0.3) is 0 Å². The normalized spacial score (nSPS) is 23.1. The minimum Gasteiger partial charge on any atom is -0.497 e. The van der Waals surface area contributed by atoms with Crippen LogP contribution >= 0.6 is 0 Å². The molecule has 0 heterocycles. The quantitative estimate of drug-likeness (QED) is 0.870. The maximum atomic E-state index is 10.2. The van der Waals surface area contributed by atoms with E-state index in [0.29, 0.717) is 5.75 Å². The van der Waals surface area contributed by atoms with Crippen LogP contribution < -0.4 is 9.47 Å². The molecule has 1 aromatic carbocycles. The van der Waals surface area contributed by atoms with E-state index in [1.54, 1.807) is 21.3 Å². The van der Waals surface area contributed by atoms with E-state index in [1.165, 1.54) is 0 Å². The first kappa shape index (κ1) is 12.2. The Morgan fingerprint density at radius 1 is 1.18 bits per heavy atom. The van der Waals surface area contributed by atoms with E-state index in [1.807, 2.05) is 12.1 Å². The van der Waals surface area contributed by atoms with Crippen molar-refractivity contribution < 1.29 is 19.3 Å². The first-order chi connectivity index (χ1) is 8.21. The highest BCUT2D eigenvalue weighted by atomic mass is 16.5. The van der Waals surface area contributed by atoms with E-state index in [2.05, 4.69) is 0 Å². The van der Waals surface area contributed by atoms with E-state index >= 15 is 0 Å². The summed E-state index contributed by atoms with van der Waals surface area (Å²) in [7, 11) is 4.85. The monoisotopic (exact) mass is 238 g/mol. The van der Waals surface area contributed by atoms with Crippen LogP contribution in [0.25, 0.3) is 0 Å². The number of aliphatic hydroxyl groups is 1. The summed E-state index contributed by atoms with van der Waals surface area (Å²) in [5.74, 6) is 1.46. The highest BCUT2D eigenvalue weighted by Crippen LogP contribution is 2.39. The van der Waals surface area contributed by atoms with Gasteiger partial charge in [-0.25, -0.2) is 0 Å². The molecule has 0 spiro atoms. The molecule has 1 aromatic rings. The van der Waals surface area contributed by atoms with Crippen LogP contribution in [0, 0.1) is 0 Å². The number of aliphatic hydroxyl groups excluding tert-OH is 1. The number of benzene rings is 1. The Morgan fingerprint density at radius 3 is 2.53 bits per heavy atom. The van der Waals surface area contributed by atoms with Crippen LogP contribution in [0.2, 0.25) is 0 Å². The molecule has 0 saturated carbocycles. The van der Waals surface area contributed by atoms with Crippen molar-refractivity contribution in [2.24, 2.45) is 0 Å². The third-order valence-corrected chi connectivity index (χ3v) is 3.33. The molecule has 1 N–H and O–H groups in total. The molecule has 2 atom stereocenters. The minimum absolute atomic E-state index is 0.153. The van der Waals surface area contributed by atoms with Gasteiger partial charge in [0, 0.05) is 18.7 Å². The van der Waals surface area contributed by atoms with Gasteiger partial charge in [-0.3, -0.25) is 0 Å². The molecular weight excluding hydrogens is 220 g/mol. The van der Waals surface area contributed by atoms with E-state index in [-0.39, 0.29) is 6.10 Å². The molecule has 0 bridgehead atoms. The van der Waals surface area contributed by atoms with Crippen molar-refractivity contribution in [3.05, 3.63) is 23.3 Å². The predicted molar refractivity (Wildman–Crippen MR) is 63.6 cm³/mol. The Labute approximate surface area is 101 Å². The Bertz CT molecular complexity index is 403. The topological polar surface area (TPSA) is 47.9 Å². The SMILES string of the molecule is COc1cc(OC)c2c(c1)[C@@H](O)[C@H](OC)CC2. The fourth-order valence-corrected chi connectivity index (χ4v) is 2.36. The van der Waals surface area contributed by atoms with Crippen LogP contribution in [0.1, 0.15) is 23.7 Å². The second-order valence-corrected chi connectivity index (χ2v) is 4.16. The van der Waals surface area contributed by atoms with Crippen molar-refractivity contribution >= 4 is 0 Å². The largest absolute Gasteiger partial charge is 0.497 e. The van der Waals surface area contributed by atoms with E-state index in [0.717, 1.165) is 29.7 Å². The lowest BCUT2D eigenvalue weighted by atomic mass is 9.86. The second-order valence-electron chi connectivity index (χ2n) is 4.16. The molecule has 0 aliphatic heterocycles. The zero-order valence-corrected chi connectivity index (χ0v) is 10.4. The molecule has 94 valence electrons. The summed E-state index contributed by atoms with van der Waals surface area (Å²) in [6.07, 6.45) is 0.873. The number of fused-ring (bicyclic) bond motifs is 1. The summed E-state index contributed by atoms with van der Waals surface area (Å²) in [5.41, 5.74) is 1.90. The predicted octanol–water partition coefficient (Wildman–Crippen LogP) is 1.70. The lowest BCUT2D eigenvalue weighted by Crippen LogP contribution is -2.27. The fourth-order valence-electron chi connectivity index (χ4n) is 2.36. The molecule has 0 unspecified atom stereocenters. The Kier molecular flexibility index (Phi) is 3.54. The van der Waals surface area contributed by atoms with Crippen LogP contribution in [-0.2, 0) is 11.2 Å². The first-order valence-corrected chi connectivity index (χ1v) is 5.67. The smallest absolute Gasteiger partial charge is 0.126 e. The zero-order valence-electron chi connectivity index (χ0n) is 10.4. The average molecular weight is 238 g/mol. The molecule has 0 fully saturated rings. The van der Waals surface area contributed by atoms with Gasteiger partial charge < -0.3 is 19.3 Å². The van der Waals surface area contributed by atoms with Crippen LogP contribution in [0.4, 0.5) is 0 Å². The average Bonchev–Trinajstić information content (AvgIpc) is 2.38. The van der Waals surface area contributed by atoms with Gasteiger partial charge in [-0.05, 0) is 24.5 Å². The van der Waals surface area contributed by atoms with Gasteiger partial charge in [0.2, 0.25) is 0 Å². The van der Waals surface area contributed by atoms with E-state index in [4.69, 9.17) is 14.2 Å². The van der Waals surface area contributed by atoms with Crippen molar-refractivity contribution in [1.82, 2.24) is 0 Å². The minimum atomic E-state index is -0.618. The van der Waals surface area contributed by atoms with Gasteiger partial charge in [-0.15, -0.1) is 0 Å². The molecular formula is C13H18O4. The van der Waals surface area contributed by atoms with Crippen LogP contribution in [0.15, 0.2) is 12.1 Å². The van der Waals surface area contributed by atoms with Gasteiger partial charge >= 0.3 is 0 Å². The van der Waals surface area contributed by atoms with Crippen LogP contribution in [0.5, 0.6) is 11.5 Å². The van der Waals surface area contributed by atoms with E-state index in [9.17, 15) is 5.11 Å². The standard InChI is InChI=1S/C13H18O4/c1-15-8-6-10-9(12(7-8)17-3)4-5-11(16-2)13(10)14/h6-7,11,13-14H,4-5H2,1-3H3/t11-,13-/m1/s1. The van der Waals surface area contributed by atoms with E-state index < -0.39 is 6.10 Å². The molecule has 2 rings (SSSR count). The fraction of sp³-hybridized carbons (Fsp3) is 0.538. The van der Waals surface area contributed by atoms with Gasteiger partial charge in [-0.1, -0.05) is 0 Å². The molecule has 0 aromatic heterocycles. The van der Waals surface area contributed by atoms with Crippen LogP contribution in [0.3, 0.4) is 0 Å². The van der Waals surface area contributed by atoms with Gasteiger partial charge in [0.1, 0.15) is 17.6 Å². The molecule has 4 heteroatoms. The van der Waals surface area contributed by atoms with Gasteiger partial charge in [0.15, 0.2) is 0 Å². The summed E-state index contributed by atoms with van der Waals surface area (Å²) in [5, 5.41) is 10.2. The summed E-state index contributed by atoms with van der Waals surface area (Å²) in [4.78, 5) is 0. The summed E-state index contributed by atoms with van der Waals surface area (Å²) >= 11 is 0. The van der Waals surface area contributed by atoms with Gasteiger partial charge in [-0.2, -0.15) is 0 Å². The van der Waals surface area contributed by atoms with Crippen molar-refractivity contribution in [1.29, 1.82) is 0 Å². The summed E-state index contributed by atoms with van der Waals surface area (Å²) in [6, 6.07) is 3.70. The van der Waals surface area contributed by atoms with Crippen LogP contribution in [-0.4, -0.2) is 32.5 Å². The molecule has 17 heavy (non-hydrogen) atoms. The van der Waals surface area contributed by atoms with Crippen molar-refractivity contribution in [2.75, 3.05) is 21.3 Å². The summed E-state index contributed by atoms with van der Waals surface area (Å²) < 4.78 is 15.8. The molecule has 0 amide bonds. The number of hydrogen-bond donors (Lipinski definition) is 1. The van der Waals surface area contributed by atoms with Crippen molar-refractivity contribution in [3.63, 3.8) is 0 Å². The van der Waals surface area contributed by atoms with Gasteiger partial charge in [0.05, 0.1) is 20.3 Å². The van der Waals surface area contributed by atoms with Crippen molar-refractivity contribution in [2.45, 2.75) is 25.0 Å². The number of methoxy groups -OCH3 is 3. The third-order valence-electron chi connectivity index (χ3n) is 3.33. The maximum Gasteiger partial charge on any atom is 0.126 e. The third kappa shape index (κ3) is 2.10. The Hall–Kier alpha value is -1.26. The van der Waals surface area contributed by atoms with Crippen molar-refractivity contribution in [3.8, 4) is 11.5 Å². The lowest BCUT2D eigenvalue weighted by Gasteiger charge is -2.30. The lowest BCUT2D eigenvalue weighted by molar-refractivity contribution is -0.0240. The highest BCUT2D eigenvalue weighted by Gasteiger charge is 2.30. The maximum absolute atomic E-state index is 10.2. The summed E-state index contributed by atoms with van der Waals surface area (Å²) in [6.45, 7) is 0. The Balaban J connectivity index is 2.47. The first-order valence-electron chi connectivity index (χ1n) is 5.67. The zero-order chi connectivity index (χ0) is 12.4. The molecule has 1 aliphatic carbocycles. The number of rotatable bonds is 3. The molecule has 4 nitrogen and oxygen atoms in total. The molecule has 0 radical (unpaired) electrons. The Morgan fingerprint density at radius 2 is 1.94 bits per heavy atom. The highest BCUT2D eigenvalue weighted by molar-refractivity contribution is 5.49.